The number of nitrogens with zero attached hydrogens (tertiary/aromatic N) is 3. The zero-order valence-corrected chi connectivity index (χ0v) is 20.7. The van der Waals surface area contributed by atoms with Crippen LogP contribution in [0.25, 0.3) is 22.3 Å². The molecule has 10 nitrogen and oxygen atoms in total. The van der Waals surface area contributed by atoms with Gasteiger partial charge in [0.15, 0.2) is 17.2 Å². The number of aromatic nitrogens is 4. The van der Waals surface area contributed by atoms with Crippen molar-refractivity contribution in [2.45, 2.75) is 20.0 Å². The third kappa shape index (κ3) is 5.97. The first-order chi connectivity index (χ1) is 17.2. The van der Waals surface area contributed by atoms with Crippen LogP contribution in [0.4, 0.5) is 14.6 Å². The van der Waals surface area contributed by atoms with Crippen LogP contribution in [-0.4, -0.2) is 44.3 Å². The van der Waals surface area contributed by atoms with Gasteiger partial charge in [0.2, 0.25) is 0 Å². The normalized spacial score (nSPS) is 13.9. The summed E-state index contributed by atoms with van der Waals surface area (Å²) in [5.41, 5.74) is 1.25. The van der Waals surface area contributed by atoms with Gasteiger partial charge in [0, 0.05) is 18.2 Å². The van der Waals surface area contributed by atoms with Crippen LogP contribution < -0.4 is 10.1 Å². The Hall–Kier alpha value is -3.15. The van der Waals surface area contributed by atoms with Crippen LogP contribution in [0.15, 0.2) is 42.5 Å². The van der Waals surface area contributed by atoms with E-state index in [0.29, 0.717) is 27.7 Å². The molecule has 14 heteroatoms. The van der Waals surface area contributed by atoms with Crippen molar-refractivity contribution in [2.75, 3.05) is 18.5 Å². The van der Waals surface area contributed by atoms with E-state index in [4.69, 9.17) is 25.4 Å². The first kappa shape index (κ1) is 25.9. The molecule has 36 heavy (non-hydrogen) atoms. The fraction of sp³-hybridized carbons (Fsp3) is 0.227. The Labute approximate surface area is 209 Å². The number of hydrogen-bond acceptors (Lipinski definition) is 8. The highest BCUT2D eigenvalue weighted by Gasteiger charge is 2.25. The van der Waals surface area contributed by atoms with Gasteiger partial charge in [-0.25, -0.2) is 13.3 Å². The lowest BCUT2D eigenvalue weighted by molar-refractivity contribution is 0.122. The second-order valence-electron chi connectivity index (χ2n) is 7.49. The highest BCUT2D eigenvalue weighted by molar-refractivity contribution is 7.47. The molecule has 2 atom stereocenters. The molecular formula is C22H21ClF2N5O5P. The Kier molecular flexibility index (Phi) is 7.82. The molecule has 2 heterocycles. The van der Waals surface area contributed by atoms with Gasteiger partial charge in [0.25, 0.3) is 0 Å². The van der Waals surface area contributed by atoms with Gasteiger partial charge in [-0.05, 0) is 32.0 Å². The molecule has 0 fully saturated rings. The summed E-state index contributed by atoms with van der Waals surface area (Å²) in [6, 6.07) is 9.56. The molecule has 2 aromatic heterocycles. The van der Waals surface area contributed by atoms with Crippen LogP contribution in [0.1, 0.15) is 13.8 Å². The summed E-state index contributed by atoms with van der Waals surface area (Å²) in [4.78, 5) is 18.3. The van der Waals surface area contributed by atoms with E-state index in [1.807, 2.05) is 0 Å². The highest BCUT2D eigenvalue weighted by atomic mass is 35.5. The summed E-state index contributed by atoms with van der Waals surface area (Å²) in [5.74, 6) is -1.80. The molecule has 190 valence electrons. The fourth-order valence-electron chi connectivity index (χ4n) is 3.29. The van der Waals surface area contributed by atoms with Crippen molar-refractivity contribution >= 4 is 36.3 Å². The van der Waals surface area contributed by atoms with Gasteiger partial charge < -0.3 is 14.9 Å². The average molecular weight is 540 g/mol. The lowest BCUT2D eigenvalue weighted by atomic mass is 10.1. The lowest BCUT2D eigenvalue weighted by Gasteiger charge is -2.18. The Morgan fingerprint density at radius 1 is 1.22 bits per heavy atom. The van der Waals surface area contributed by atoms with Gasteiger partial charge in [-0.15, -0.1) is 0 Å². The third-order valence-electron chi connectivity index (χ3n) is 4.79. The number of phosphoric ester groups is 1. The Morgan fingerprint density at radius 3 is 2.72 bits per heavy atom. The second kappa shape index (κ2) is 10.9. The van der Waals surface area contributed by atoms with Crippen LogP contribution in [-0.2, 0) is 13.6 Å². The molecule has 3 N–H and O–H groups in total. The minimum Gasteiger partial charge on any atom is -0.421 e. The number of hydrogen-bond donors (Lipinski definition) is 3. The zero-order chi connectivity index (χ0) is 25.9. The van der Waals surface area contributed by atoms with Crippen molar-refractivity contribution in [1.82, 2.24) is 20.2 Å². The number of ether oxygens (including phenoxy) is 1. The molecule has 0 aliphatic heterocycles. The van der Waals surface area contributed by atoms with E-state index in [1.165, 1.54) is 0 Å². The molecule has 4 rings (SSSR count). The number of benzene rings is 2. The maximum Gasteiger partial charge on any atom is 0.472 e. The number of rotatable bonds is 10. The molecule has 0 saturated carbocycles. The Balaban J connectivity index is 1.71. The van der Waals surface area contributed by atoms with Crippen LogP contribution >= 0.6 is 19.4 Å². The molecular weight excluding hydrogens is 519 g/mol. The molecule has 2 aromatic carbocycles. The number of phosphoric acid groups is 1. The van der Waals surface area contributed by atoms with Crippen LogP contribution in [0, 0.1) is 11.6 Å². The smallest absolute Gasteiger partial charge is 0.421 e. The summed E-state index contributed by atoms with van der Waals surface area (Å²) in [7, 11) is -4.24. The van der Waals surface area contributed by atoms with Gasteiger partial charge in [-0.2, -0.15) is 15.1 Å². The third-order valence-corrected chi connectivity index (χ3v) is 6.33. The first-order valence-electron chi connectivity index (χ1n) is 10.7. The van der Waals surface area contributed by atoms with Gasteiger partial charge >= 0.3 is 13.8 Å². The number of halogens is 3. The number of aromatic amines is 1. The number of nitrogens with one attached hydrogen (secondary N) is 2. The van der Waals surface area contributed by atoms with Crippen molar-refractivity contribution in [3.8, 4) is 23.0 Å². The minimum atomic E-state index is -4.24. The summed E-state index contributed by atoms with van der Waals surface area (Å²) < 4.78 is 54.7. The van der Waals surface area contributed by atoms with Crippen LogP contribution in [0.2, 0.25) is 5.02 Å². The van der Waals surface area contributed by atoms with Crippen LogP contribution in [0.3, 0.4) is 0 Å². The Bertz CT molecular complexity index is 1440. The molecule has 0 saturated heterocycles. The van der Waals surface area contributed by atoms with Gasteiger partial charge in [0.1, 0.15) is 17.3 Å². The van der Waals surface area contributed by atoms with E-state index in [9.17, 15) is 18.2 Å². The van der Waals surface area contributed by atoms with Crippen molar-refractivity contribution < 1.29 is 32.0 Å². The SMILES string of the molecule is CCOP(=O)(O)OC(C)CNc1nc(Oc2ccc(F)cc2F)nc2[nH]nc(-c3ccccc3Cl)c12. The zero-order valence-electron chi connectivity index (χ0n) is 19.0. The van der Waals surface area contributed by atoms with E-state index in [2.05, 4.69) is 25.5 Å². The fourth-order valence-corrected chi connectivity index (χ4v) is 4.43. The second-order valence-corrected chi connectivity index (χ2v) is 9.30. The molecule has 2 unspecified atom stereocenters. The maximum atomic E-state index is 14.1. The minimum absolute atomic E-state index is 0.00266. The Morgan fingerprint density at radius 2 is 2.00 bits per heavy atom. The van der Waals surface area contributed by atoms with Crippen molar-refractivity contribution in [1.29, 1.82) is 0 Å². The standard InChI is InChI=1S/C22H21ClF2N5O5P/c1-3-33-36(31,32)35-12(2)11-26-20-18-19(14-6-4-5-7-15(14)23)29-30-21(18)28-22(27-20)34-17-9-8-13(24)10-16(17)25/h4-10,12H,3,11H2,1-2H3,(H,31,32)(H2,26,27,28,29,30). The predicted octanol–water partition coefficient (Wildman–Crippen LogP) is 5.70. The van der Waals surface area contributed by atoms with Gasteiger partial charge in [-0.1, -0.05) is 29.8 Å². The summed E-state index contributed by atoms with van der Waals surface area (Å²) >= 11 is 6.36. The molecule has 0 aliphatic carbocycles. The first-order valence-corrected chi connectivity index (χ1v) is 12.6. The van der Waals surface area contributed by atoms with Gasteiger partial charge in [0.05, 0.1) is 23.1 Å². The number of fused-ring (bicyclic) bond motifs is 1. The van der Waals surface area contributed by atoms with E-state index in [0.717, 1.165) is 12.1 Å². The number of H-pyrrole nitrogens is 1. The molecule has 0 amide bonds. The lowest BCUT2D eigenvalue weighted by Crippen LogP contribution is -2.20. The summed E-state index contributed by atoms with van der Waals surface area (Å²) in [5, 5.41) is 11.0. The largest absolute Gasteiger partial charge is 0.472 e. The maximum absolute atomic E-state index is 14.1. The molecule has 0 bridgehead atoms. The molecule has 4 aromatic rings. The van der Waals surface area contributed by atoms with Gasteiger partial charge in [-0.3, -0.25) is 14.1 Å². The van der Waals surface area contributed by atoms with E-state index in [-0.39, 0.29) is 36.4 Å². The molecule has 0 aliphatic rings. The van der Waals surface area contributed by atoms with Crippen LogP contribution in [0.5, 0.6) is 11.8 Å². The number of anilines is 1. The molecule has 0 spiro atoms. The quantitative estimate of drug-likeness (QED) is 0.217. The van der Waals surface area contributed by atoms with Crippen molar-refractivity contribution in [3.63, 3.8) is 0 Å². The monoisotopic (exact) mass is 539 g/mol. The predicted molar refractivity (Wildman–Crippen MR) is 129 cm³/mol. The summed E-state index contributed by atoms with van der Waals surface area (Å²) in [6.07, 6.45) is -0.785. The molecule has 0 radical (unpaired) electrons. The van der Waals surface area contributed by atoms with Crippen molar-refractivity contribution in [3.05, 3.63) is 59.1 Å². The summed E-state index contributed by atoms with van der Waals surface area (Å²) in [6.45, 7) is 3.13. The topological polar surface area (TPSA) is 131 Å². The van der Waals surface area contributed by atoms with Crippen molar-refractivity contribution in [2.24, 2.45) is 0 Å². The van der Waals surface area contributed by atoms with E-state index >= 15 is 0 Å². The van der Waals surface area contributed by atoms with E-state index in [1.54, 1.807) is 38.1 Å². The average Bonchev–Trinajstić information content (AvgIpc) is 3.23. The highest BCUT2D eigenvalue weighted by Crippen LogP contribution is 2.44. The van der Waals surface area contributed by atoms with E-state index < -0.39 is 25.6 Å².